The molecule has 3 heterocycles. The predicted octanol–water partition coefficient (Wildman–Crippen LogP) is 0.0862. The first-order chi connectivity index (χ1) is 12.2. The molecule has 3 rings (SSSR count). The molecule has 1 aliphatic rings. The van der Waals surface area contributed by atoms with Crippen LogP contribution in [0.15, 0.2) is 12.7 Å². The van der Waals surface area contributed by atoms with Gasteiger partial charge in [0.1, 0.15) is 24.2 Å². The summed E-state index contributed by atoms with van der Waals surface area (Å²) in [5.41, 5.74) is 6.51. The Labute approximate surface area is 147 Å². The van der Waals surface area contributed by atoms with E-state index in [1.54, 1.807) is 11.5 Å². The van der Waals surface area contributed by atoms with Gasteiger partial charge in [-0.15, -0.1) is 4.89 Å². The highest BCUT2D eigenvalue weighted by molar-refractivity contribution is 7.55. The van der Waals surface area contributed by atoms with Gasteiger partial charge in [-0.3, -0.25) is 14.0 Å². The average Bonchev–Trinajstić information content (AvgIpc) is 3.08. The van der Waals surface area contributed by atoms with Crippen molar-refractivity contribution in [3.8, 4) is 0 Å². The van der Waals surface area contributed by atoms with Crippen molar-refractivity contribution in [3.63, 3.8) is 0 Å². The van der Waals surface area contributed by atoms with Gasteiger partial charge in [0.2, 0.25) is 0 Å². The van der Waals surface area contributed by atoms with Crippen LogP contribution in [-0.2, 0) is 22.7 Å². The normalized spacial score (nSPS) is 29.0. The molecule has 0 spiro atoms. The van der Waals surface area contributed by atoms with Crippen LogP contribution >= 0.6 is 16.1 Å². The third kappa shape index (κ3) is 3.75. The molecule has 0 aliphatic carbocycles. The van der Waals surface area contributed by atoms with Crippen LogP contribution in [0.1, 0.15) is 13.2 Å². The maximum Gasteiger partial charge on any atom is 0.705 e. The molecule has 0 saturated carbocycles. The van der Waals surface area contributed by atoms with Gasteiger partial charge in [-0.05, 0) is 4.31 Å². The summed E-state index contributed by atoms with van der Waals surface area (Å²) in [4.78, 5) is 29.9. The van der Waals surface area contributed by atoms with Gasteiger partial charge >= 0.3 is 16.1 Å². The molecule has 0 radical (unpaired) electrons. The number of aromatic nitrogens is 4. The zero-order valence-corrected chi connectivity index (χ0v) is 15.1. The molecule has 5 N–H and O–H groups in total. The second-order valence-corrected chi connectivity index (χ2v) is 7.91. The Balaban J connectivity index is 1.76. The smallest absolute Gasteiger partial charge is 0.390 e. The minimum absolute atomic E-state index is 0.191. The second-order valence-electron chi connectivity index (χ2n) is 5.58. The van der Waals surface area contributed by atoms with E-state index in [0.29, 0.717) is 11.2 Å². The van der Waals surface area contributed by atoms with E-state index in [2.05, 4.69) is 23.8 Å². The van der Waals surface area contributed by atoms with Crippen molar-refractivity contribution in [2.75, 3.05) is 12.3 Å². The topological polar surface area (TPSA) is 192 Å². The maximum absolute atomic E-state index is 11.5. The molecule has 15 heteroatoms. The first-order valence-corrected chi connectivity index (χ1v) is 9.92. The number of hydrogen-bond acceptors (Lipinski definition) is 10. The zero-order valence-electron chi connectivity index (χ0n) is 13.3. The number of phosphoric ester groups is 1. The van der Waals surface area contributed by atoms with E-state index in [9.17, 15) is 19.1 Å². The van der Waals surface area contributed by atoms with Gasteiger partial charge in [-0.1, -0.05) is 6.92 Å². The highest BCUT2D eigenvalue weighted by Gasteiger charge is 2.44. The van der Waals surface area contributed by atoms with Crippen molar-refractivity contribution in [1.29, 1.82) is 0 Å². The standard InChI is InChI=1S/C11H15N5O8P2/c1-5-8(17)6(2-22-26(20,21)24-25(18)19)23-11(5)16-4-15-7-9(12)13-3-14-10(7)16/h3-6,8,11,17H,2H2,1H3,(H3-,12,13,14,18,19,20,21)/p+1. The Morgan fingerprint density at radius 1 is 1.46 bits per heavy atom. The summed E-state index contributed by atoms with van der Waals surface area (Å²) in [6, 6.07) is 0. The van der Waals surface area contributed by atoms with Crippen LogP contribution < -0.4 is 5.73 Å². The Morgan fingerprint density at radius 3 is 2.88 bits per heavy atom. The van der Waals surface area contributed by atoms with Crippen molar-refractivity contribution < 1.29 is 37.6 Å². The minimum atomic E-state index is -4.75. The van der Waals surface area contributed by atoms with Crippen molar-refractivity contribution in [2.45, 2.75) is 25.4 Å². The molecular formula is C11H16N5O8P2+. The highest BCUT2D eigenvalue weighted by Crippen LogP contribution is 2.51. The molecular weight excluding hydrogens is 392 g/mol. The number of imidazole rings is 1. The molecule has 142 valence electrons. The molecule has 0 amide bonds. The second kappa shape index (κ2) is 7.22. The van der Waals surface area contributed by atoms with E-state index in [0.717, 1.165) is 0 Å². The number of hydrogen-bond donors (Lipinski definition) is 4. The molecule has 26 heavy (non-hydrogen) atoms. The number of nitrogens with zero attached hydrogens (tertiary/aromatic N) is 4. The van der Waals surface area contributed by atoms with Crippen molar-refractivity contribution >= 4 is 33.1 Å². The number of phosphoric acid groups is 1. The van der Waals surface area contributed by atoms with Crippen LogP contribution in [0.5, 0.6) is 0 Å². The predicted molar refractivity (Wildman–Crippen MR) is 85.5 cm³/mol. The first-order valence-electron chi connectivity index (χ1n) is 7.29. The summed E-state index contributed by atoms with van der Waals surface area (Å²) < 4.78 is 37.7. The van der Waals surface area contributed by atoms with Crippen LogP contribution in [-0.4, -0.2) is 53.2 Å². The molecule has 2 aromatic heterocycles. The molecule has 13 nitrogen and oxygen atoms in total. The lowest BCUT2D eigenvalue weighted by Gasteiger charge is -2.17. The highest BCUT2D eigenvalue weighted by atomic mass is 31.2. The number of anilines is 1. The lowest BCUT2D eigenvalue weighted by Crippen LogP contribution is -2.29. The van der Waals surface area contributed by atoms with Gasteiger partial charge in [0.25, 0.3) is 0 Å². The van der Waals surface area contributed by atoms with Gasteiger partial charge in [0.15, 0.2) is 11.5 Å². The molecule has 2 aromatic rings. The fraction of sp³-hybridized carbons (Fsp3) is 0.545. The largest absolute Gasteiger partial charge is 0.705 e. The van der Waals surface area contributed by atoms with Gasteiger partial charge in [0.05, 0.1) is 19.0 Å². The number of ether oxygens (including phenoxy) is 1. The van der Waals surface area contributed by atoms with E-state index in [-0.39, 0.29) is 5.82 Å². The van der Waals surface area contributed by atoms with E-state index in [4.69, 9.17) is 15.4 Å². The summed E-state index contributed by atoms with van der Waals surface area (Å²) in [6.45, 7) is 1.16. The minimum Gasteiger partial charge on any atom is -0.390 e. The average molecular weight is 408 g/mol. The molecule has 1 saturated heterocycles. The number of nitrogen functional groups attached to an aromatic ring is 1. The van der Waals surface area contributed by atoms with E-state index < -0.39 is 47.0 Å². The summed E-state index contributed by atoms with van der Waals surface area (Å²) in [5.74, 6) is -0.262. The van der Waals surface area contributed by atoms with Gasteiger partial charge in [0, 0.05) is 10.5 Å². The number of aliphatic hydroxyl groups is 1. The van der Waals surface area contributed by atoms with E-state index >= 15 is 0 Å². The molecule has 1 aliphatic heterocycles. The summed E-state index contributed by atoms with van der Waals surface area (Å²) in [5, 5.41) is 10.3. The number of fused-ring (bicyclic) bond motifs is 1. The fourth-order valence-corrected chi connectivity index (χ4v) is 3.91. The molecule has 1 fully saturated rings. The Bertz CT molecular complexity index is 877. The summed E-state index contributed by atoms with van der Waals surface area (Å²) >= 11 is 0. The first kappa shape index (κ1) is 19.2. The monoisotopic (exact) mass is 408 g/mol. The maximum atomic E-state index is 11.5. The molecule has 6 atom stereocenters. The van der Waals surface area contributed by atoms with Crippen LogP contribution in [0.3, 0.4) is 0 Å². The van der Waals surface area contributed by atoms with Crippen molar-refractivity contribution in [3.05, 3.63) is 12.7 Å². The lowest BCUT2D eigenvalue weighted by molar-refractivity contribution is -0.0435. The Hall–Kier alpha value is -1.56. The molecule has 0 aromatic carbocycles. The Morgan fingerprint density at radius 2 is 2.19 bits per heavy atom. The SMILES string of the molecule is CC1C(O)C(COP(=O)(O)O[P+](=O)O)OC1n1cnc2c(N)ncnc21. The van der Waals surface area contributed by atoms with Crippen LogP contribution in [0, 0.1) is 5.92 Å². The molecule has 6 unspecified atom stereocenters. The van der Waals surface area contributed by atoms with Crippen LogP contribution in [0.25, 0.3) is 11.2 Å². The van der Waals surface area contributed by atoms with Crippen LogP contribution in [0.4, 0.5) is 5.82 Å². The fourth-order valence-electron chi connectivity index (χ4n) is 2.68. The van der Waals surface area contributed by atoms with E-state index in [1.807, 2.05) is 0 Å². The Kier molecular flexibility index (Phi) is 5.33. The number of aliphatic hydroxyl groups excluding tert-OH is 1. The number of nitrogens with two attached hydrogens (primary N) is 1. The van der Waals surface area contributed by atoms with Crippen molar-refractivity contribution in [2.24, 2.45) is 5.92 Å². The summed E-state index contributed by atoms with van der Waals surface area (Å²) in [6.07, 6.45) is -0.0521. The van der Waals surface area contributed by atoms with E-state index in [1.165, 1.54) is 12.7 Å². The van der Waals surface area contributed by atoms with Gasteiger partial charge in [-0.25, -0.2) is 19.5 Å². The number of rotatable bonds is 6. The zero-order chi connectivity index (χ0) is 19.1. The lowest BCUT2D eigenvalue weighted by atomic mass is 10.0. The van der Waals surface area contributed by atoms with Crippen LogP contribution in [0.2, 0.25) is 0 Å². The van der Waals surface area contributed by atoms with Gasteiger partial charge < -0.3 is 15.6 Å². The van der Waals surface area contributed by atoms with Gasteiger partial charge in [-0.2, -0.15) is 0 Å². The summed E-state index contributed by atoms with van der Waals surface area (Å²) in [7, 11) is -8.08. The third-order valence-corrected chi connectivity index (χ3v) is 5.78. The quantitative estimate of drug-likeness (QED) is 0.471. The third-order valence-electron chi connectivity index (χ3n) is 3.92. The van der Waals surface area contributed by atoms with Crippen molar-refractivity contribution in [1.82, 2.24) is 19.5 Å². The molecule has 0 bridgehead atoms.